The Hall–Kier alpha value is -1.24. The average Bonchev–Trinajstić information content (AvgIpc) is 2.50. The summed E-state index contributed by atoms with van der Waals surface area (Å²) in [4.78, 5) is 0. The summed E-state index contributed by atoms with van der Waals surface area (Å²) in [6.45, 7) is -0.941. The van der Waals surface area contributed by atoms with Crippen LogP contribution in [0.2, 0.25) is 15.1 Å². The second-order valence-corrected chi connectivity index (χ2v) is 5.17. The molecule has 0 aliphatic rings. The van der Waals surface area contributed by atoms with Crippen LogP contribution in [0.1, 0.15) is 5.56 Å². The molecule has 0 aliphatic carbocycles. The molecule has 0 amide bonds. The van der Waals surface area contributed by atoms with Crippen LogP contribution >= 0.6 is 34.8 Å². The summed E-state index contributed by atoms with van der Waals surface area (Å²) < 4.78 is 70.9. The Morgan fingerprint density at radius 2 is 1.23 bits per heavy atom. The molecular formula is C13H4Cl3F5O. The van der Waals surface area contributed by atoms with E-state index in [1.807, 2.05) is 0 Å². The predicted octanol–water partition coefficient (Wildman–Crippen LogP) is 5.92. The molecular weight excluding hydrogens is 373 g/mol. The molecule has 0 atom stereocenters. The molecule has 2 aromatic carbocycles. The van der Waals surface area contributed by atoms with Crippen molar-refractivity contribution in [3.63, 3.8) is 0 Å². The molecule has 2 aromatic rings. The monoisotopic (exact) mass is 376 g/mol. The molecule has 0 saturated heterocycles. The maximum absolute atomic E-state index is 13.5. The van der Waals surface area contributed by atoms with Gasteiger partial charge in [-0.25, -0.2) is 22.0 Å². The van der Waals surface area contributed by atoms with Crippen LogP contribution in [0.5, 0.6) is 5.75 Å². The summed E-state index contributed by atoms with van der Waals surface area (Å²) in [5, 5.41) is -0.119. The fourth-order valence-electron chi connectivity index (χ4n) is 1.55. The quantitative estimate of drug-likeness (QED) is 0.366. The minimum Gasteiger partial charge on any atom is -0.487 e. The van der Waals surface area contributed by atoms with Crippen molar-refractivity contribution in [1.29, 1.82) is 0 Å². The Morgan fingerprint density at radius 1 is 0.727 bits per heavy atom. The van der Waals surface area contributed by atoms with Crippen LogP contribution in [0.25, 0.3) is 0 Å². The second kappa shape index (κ2) is 6.48. The van der Waals surface area contributed by atoms with Crippen LogP contribution in [-0.4, -0.2) is 0 Å². The largest absolute Gasteiger partial charge is 0.487 e. The highest BCUT2D eigenvalue weighted by Gasteiger charge is 2.26. The van der Waals surface area contributed by atoms with Gasteiger partial charge in [0.1, 0.15) is 17.4 Å². The lowest BCUT2D eigenvalue weighted by Crippen LogP contribution is -2.10. The number of halogens is 8. The summed E-state index contributed by atoms with van der Waals surface area (Å²) in [5.41, 5.74) is -1.13. The summed E-state index contributed by atoms with van der Waals surface area (Å²) >= 11 is 17.2. The van der Waals surface area contributed by atoms with Gasteiger partial charge >= 0.3 is 0 Å². The first kappa shape index (κ1) is 17.1. The van der Waals surface area contributed by atoms with Crippen molar-refractivity contribution in [3.8, 4) is 5.75 Å². The molecule has 0 bridgehead atoms. The van der Waals surface area contributed by atoms with Crippen molar-refractivity contribution in [2.75, 3.05) is 0 Å². The van der Waals surface area contributed by atoms with Gasteiger partial charge in [-0.2, -0.15) is 0 Å². The van der Waals surface area contributed by atoms with Gasteiger partial charge in [0, 0.05) is 0 Å². The fourth-order valence-corrected chi connectivity index (χ4v) is 2.13. The standard InChI is InChI=1S/C13H4Cl3F5O/c14-5-1-2-6(8(16)7(5)15)22-3-4-9(17)11(19)13(21)12(20)10(4)18/h1-2H,3H2. The molecule has 0 fully saturated rings. The van der Waals surface area contributed by atoms with Crippen LogP contribution in [0.3, 0.4) is 0 Å². The highest BCUT2D eigenvalue weighted by Crippen LogP contribution is 2.37. The first-order valence-corrected chi connectivity index (χ1v) is 6.65. The first-order valence-electron chi connectivity index (χ1n) is 5.52. The third kappa shape index (κ3) is 2.95. The lowest BCUT2D eigenvalue weighted by atomic mass is 10.2. The molecule has 0 unspecified atom stereocenters. The SMILES string of the molecule is Fc1c(F)c(F)c(COc2ccc(Cl)c(Cl)c2Cl)c(F)c1F. The topological polar surface area (TPSA) is 9.23 Å². The number of hydrogen-bond acceptors (Lipinski definition) is 1. The van der Waals surface area contributed by atoms with Crippen molar-refractivity contribution in [3.05, 3.63) is 61.9 Å². The van der Waals surface area contributed by atoms with Crippen LogP contribution in [0, 0.1) is 29.1 Å². The van der Waals surface area contributed by atoms with E-state index in [1.165, 1.54) is 12.1 Å². The molecule has 2 rings (SSSR count). The van der Waals surface area contributed by atoms with Crippen LogP contribution in [0.4, 0.5) is 22.0 Å². The van der Waals surface area contributed by atoms with E-state index in [2.05, 4.69) is 0 Å². The average molecular weight is 378 g/mol. The summed E-state index contributed by atoms with van der Waals surface area (Å²) in [7, 11) is 0. The fraction of sp³-hybridized carbons (Fsp3) is 0.0769. The van der Waals surface area contributed by atoms with Gasteiger partial charge in [0.15, 0.2) is 23.3 Å². The number of rotatable bonds is 3. The van der Waals surface area contributed by atoms with E-state index in [0.717, 1.165) is 0 Å². The summed E-state index contributed by atoms with van der Waals surface area (Å²) in [6.07, 6.45) is 0. The van der Waals surface area contributed by atoms with Gasteiger partial charge in [-0.05, 0) is 12.1 Å². The summed E-state index contributed by atoms with van der Waals surface area (Å²) in [6, 6.07) is 2.53. The maximum atomic E-state index is 13.5. The van der Waals surface area contributed by atoms with E-state index in [1.54, 1.807) is 0 Å². The van der Waals surface area contributed by atoms with Gasteiger partial charge in [-0.15, -0.1) is 0 Å². The third-order valence-corrected chi connectivity index (χ3v) is 3.95. The molecule has 0 radical (unpaired) electrons. The maximum Gasteiger partial charge on any atom is 0.200 e. The Bertz CT molecular complexity index is 722. The van der Waals surface area contributed by atoms with E-state index in [4.69, 9.17) is 39.5 Å². The molecule has 0 aromatic heterocycles. The molecule has 22 heavy (non-hydrogen) atoms. The van der Waals surface area contributed by atoms with Gasteiger partial charge < -0.3 is 4.74 Å². The Kier molecular flexibility index (Phi) is 5.04. The summed E-state index contributed by atoms with van der Waals surface area (Å²) in [5.74, 6) is -10.4. The van der Waals surface area contributed by atoms with Crippen LogP contribution in [0.15, 0.2) is 12.1 Å². The highest BCUT2D eigenvalue weighted by atomic mass is 35.5. The predicted molar refractivity (Wildman–Crippen MR) is 72.0 cm³/mol. The van der Waals surface area contributed by atoms with Gasteiger partial charge in [-0.1, -0.05) is 34.8 Å². The van der Waals surface area contributed by atoms with Gasteiger partial charge in [0.05, 0.1) is 15.6 Å². The number of hydrogen-bond donors (Lipinski definition) is 0. The first-order chi connectivity index (χ1) is 10.3. The van der Waals surface area contributed by atoms with Crippen molar-refractivity contribution in [2.45, 2.75) is 6.61 Å². The van der Waals surface area contributed by atoms with Crippen molar-refractivity contribution >= 4 is 34.8 Å². The van der Waals surface area contributed by atoms with Gasteiger partial charge in [0.25, 0.3) is 0 Å². The van der Waals surface area contributed by atoms with E-state index < -0.39 is 41.3 Å². The molecule has 1 nitrogen and oxygen atoms in total. The Labute approximate surface area is 136 Å². The van der Waals surface area contributed by atoms with Crippen molar-refractivity contribution in [2.24, 2.45) is 0 Å². The molecule has 0 N–H and O–H groups in total. The molecule has 0 saturated carbocycles. The van der Waals surface area contributed by atoms with E-state index in [-0.39, 0.29) is 20.8 Å². The van der Waals surface area contributed by atoms with Gasteiger partial charge in [0.2, 0.25) is 5.82 Å². The second-order valence-electron chi connectivity index (χ2n) is 4.01. The van der Waals surface area contributed by atoms with E-state index in [9.17, 15) is 22.0 Å². The zero-order chi connectivity index (χ0) is 16.6. The molecule has 9 heteroatoms. The van der Waals surface area contributed by atoms with Gasteiger partial charge in [-0.3, -0.25) is 0 Å². The molecule has 118 valence electrons. The zero-order valence-corrected chi connectivity index (χ0v) is 12.6. The molecule has 0 spiro atoms. The van der Waals surface area contributed by atoms with Crippen molar-refractivity contribution < 1.29 is 26.7 Å². The lowest BCUT2D eigenvalue weighted by molar-refractivity contribution is 0.279. The lowest BCUT2D eigenvalue weighted by Gasteiger charge is -2.12. The van der Waals surface area contributed by atoms with E-state index in [0.29, 0.717) is 0 Å². The smallest absolute Gasteiger partial charge is 0.200 e. The Balaban J connectivity index is 2.36. The third-order valence-electron chi connectivity index (χ3n) is 2.67. The highest BCUT2D eigenvalue weighted by molar-refractivity contribution is 6.48. The normalized spacial score (nSPS) is 10.9. The van der Waals surface area contributed by atoms with E-state index >= 15 is 0 Å². The zero-order valence-electron chi connectivity index (χ0n) is 10.3. The number of benzene rings is 2. The molecule has 0 aliphatic heterocycles. The minimum absolute atomic E-state index is 0.0711. The van der Waals surface area contributed by atoms with Crippen molar-refractivity contribution in [1.82, 2.24) is 0 Å². The Morgan fingerprint density at radius 3 is 1.77 bits per heavy atom. The van der Waals surface area contributed by atoms with Crippen LogP contribution < -0.4 is 4.74 Å². The number of ether oxygens (including phenoxy) is 1. The van der Waals surface area contributed by atoms with Crippen LogP contribution in [-0.2, 0) is 6.61 Å². The molecule has 0 heterocycles. The minimum atomic E-state index is -2.24.